The molecule has 0 aliphatic rings. The highest BCUT2D eigenvalue weighted by Gasteiger charge is 2.30. The number of sulfonamides is 1. The normalized spacial score (nSPS) is 12.2. The van der Waals surface area contributed by atoms with Crippen LogP contribution in [0.4, 0.5) is 5.69 Å². The van der Waals surface area contributed by atoms with E-state index in [4.69, 9.17) is 23.2 Å². The lowest BCUT2D eigenvalue weighted by Gasteiger charge is -2.32. The Bertz CT molecular complexity index is 1140. The summed E-state index contributed by atoms with van der Waals surface area (Å²) in [5.74, 6) is -0.889. The molecule has 0 saturated carbocycles. The monoisotopic (exact) mass is 513 g/mol. The van der Waals surface area contributed by atoms with Crippen molar-refractivity contribution >= 4 is 50.7 Å². The summed E-state index contributed by atoms with van der Waals surface area (Å²) in [4.78, 5) is 27.4. The molecule has 2 amide bonds. The van der Waals surface area contributed by atoms with Crippen LogP contribution in [0.2, 0.25) is 10.0 Å². The van der Waals surface area contributed by atoms with Gasteiger partial charge in [0.15, 0.2) is 0 Å². The van der Waals surface area contributed by atoms with Crippen molar-refractivity contribution in [2.75, 3.05) is 23.7 Å². The van der Waals surface area contributed by atoms with Gasteiger partial charge in [-0.05, 0) is 62.6 Å². The molecule has 0 heterocycles. The second kappa shape index (κ2) is 11.2. The van der Waals surface area contributed by atoms with Gasteiger partial charge in [0.25, 0.3) is 0 Å². The van der Waals surface area contributed by atoms with Crippen LogP contribution < -0.4 is 9.62 Å². The van der Waals surface area contributed by atoms with Crippen molar-refractivity contribution in [3.8, 4) is 0 Å². The number of amides is 2. The zero-order valence-electron chi connectivity index (χ0n) is 19.4. The molecular weight excluding hydrogens is 485 g/mol. The van der Waals surface area contributed by atoms with Gasteiger partial charge in [0, 0.05) is 23.1 Å². The standard InChI is InChI=1S/C23H29Cl2N3O4S/c1-6-26-23(30)17(4)27(13-18-10-11-19(24)12-20(18)25)22(29)14-28(33(5,31)32)21-9-7-8-15(2)16(21)3/h7-12,17H,6,13-14H2,1-5H3,(H,26,30). The fourth-order valence-corrected chi connectivity index (χ4v) is 4.71. The Balaban J connectivity index is 2.46. The van der Waals surface area contributed by atoms with Gasteiger partial charge in [-0.1, -0.05) is 41.4 Å². The number of rotatable bonds is 9. The predicted molar refractivity (Wildman–Crippen MR) is 133 cm³/mol. The largest absolute Gasteiger partial charge is 0.355 e. The number of hydrogen-bond donors (Lipinski definition) is 1. The minimum atomic E-state index is -3.79. The molecule has 0 aliphatic carbocycles. The second-order valence-corrected chi connectivity index (χ2v) is 10.6. The number of carbonyl (C=O) groups is 2. The van der Waals surface area contributed by atoms with Crippen LogP contribution in [0.1, 0.15) is 30.5 Å². The summed E-state index contributed by atoms with van der Waals surface area (Å²) in [7, 11) is -3.79. The van der Waals surface area contributed by atoms with E-state index in [1.54, 1.807) is 51.1 Å². The Morgan fingerprint density at radius 1 is 1.12 bits per heavy atom. The van der Waals surface area contributed by atoms with Crippen LogP contribution in [0.15, 0.2) is 36.4 Å². The van der Waals surface area contributed by atoms with Crippen LogP contribution >= 0.6 is 23.2 Å². The van der Waals surface area contributed by atoms with Crippen LogP contribution in [-0.4, -0.2) is 50.5 Å². The first-order chi connectivity index (χ1) is 15.4. The van der Waals surface area contributed by atoms with Crippen molar-refractivity contribution in [1.82, 2.24) is 10.2 Å². The van der Waals surface area contributed by atoms with E-state index < -0.39 is 28.5 Å². The highest BCUT2D eigenvalue weighted by molar-refractivity contribution is 7.92. The smallest absolute Gasteiger partial charge is 0.244 e. The highest BCUT2D eigenvalue weighted by Crippen LogP contribution is 2.26. The number of halogens is 2. The third kappa shape index (κ3) is 6.85. The first-order valence-corrected chi connectivity index (χ1v) is 13.0. The molecule has 0 aliphatic heterocycles. The Morgan fingerprint density at radius 2 is 1.79 bits per heavy atom. The molecule has 0 radical (unpaired) electrons. The Hall–Kier alpha value is -2.29. The van der Waals surface area contributed by atoms with E-state index >= 15 is 0 Å². The molecule has 2 rings (SSSR count). The summed E-state index contributed by atoms with van der Waals surface area (Å²) in [5, 5.41) is 3.49. The van der Waals surface area contributed by atoms with Crippen molar-refractivity contribution in [3.63, 3.8) is 0 Å². The van der Waals surface area contributed by atoms with E-state index in [0.29, 0.717) is 27.8 Å². The SMILES string of the molecule is CCNC(=O)C(C)N(Cc1ccc(Cl)cc1Cl)C(=O)CN(c1cccc(C)c1C)S(C)(=O)=O. The lowest BCUT2D eigenvalue weighted by atomic mass is 10.1. The fraction of sp³-hybridized carbons (Fsp3) is 0.391. The van der Waals surface area contributed by atoms with Gasteiger partial charge in [-0.25, -0.2) is 8.42 Å². The predicted octanol–water partition coefficient (Wildman–Crippen LogP) is 3.93. The van der Waals surface area contributed by atoms with Gasteiger partial charge in [-0.2, -0.15) is 0 Å². The van der Waals surface area contributed by atoms with E-state index in [2.05, 4.69) is 5.32 Å². The third-order valence-corrected chi connectivity index (χ3v) is 7.11. The molecular formula is C23H29Cl2N3O4S. The summed E-state index contributed by atoms with van der Waals surface area (Å²) in [5.41, 5.74) is 2.65. The average molecular weight is 514 g/mol. The fourth-order valence-electron chi connectivity index (χ4n) is 3.34. The molecule has 0 spiro atoms. The lowest BCUT2D eigenvalue weighted by Crippen LogP contribution is -2.51. The van der Waals surface area contributed by atoms with Gasteiger partial charge in [0.05, 0.1) is 11.9 Å². The zero-order chi connectivity index (χ0) is 24.9. The number of benzene rings is 2. The molecule has 0 saturated heterocycles. The molecule has 0 bridgehead atoms. The lowest BCUT2D eigenvalue weighted by molar-refractivity contribution is -0.139. The van der Waals surface area contributed by atoms with Crippen LogP contribution in [0.25, 0.3) is 0 Å². The van der Waals surface area contributed by atoms with Gasteiger partial charge in [-0.15, -0.1) is 0 Å². The van der Waals surface area contributed by atoms with Crippen LogP contribution in [-0.2, 0) is 26.2 Å². The molecule has 1 N–H and O–H groups in total. The van der Waals surface area contributed by atoms with E-state index in [1.807, 2.05) is 13.0 Å². The average Bonchev–Trinajstić information content (AvgIpc) is 2.72. The molecule has 7 nitrogen and oxygen atoms in total. The quantitative estimate of drug-likeness (QED) is 0.550. The molecule has 0 fully saturated rings. The summed E-state index contributed by atoms with van der Waals surface area (Å²) < 4.78 is 26.4. The Kier molecular flexibility index (Phi) is 9.17. The molecule has 0 aromatic heterocycles. The zero-order valence-corrected chi connectivity index (χ0v) is 21.7. The number of aryl methyl sites for hydroxylation is 1. The topological polar surface area (TPSA) is 86.8 Å². The number of likely N-dealkylation sites (N-methyl/N-ethyl adjacent to an activating group) is 1. The first-order valence-electron chi connectivity index (χ1n) is 10.4. The highest BCUT2D eigenvalue weighted by atomic mass is 35.5. The second-order valence-electron chi connectivity index (χ2n) is 7.82. The van der Waals surface area contributed by atoms with Gasteiger partial charge in [0.1, 0.15) is 12.6 Å². The van der Waals surface area contributed by atoms with Crippen molar-refractivity contribution in [2.24, 2.45) is 0 Å². The minimum absolute atomic E-state index is 0.0114. The molecule has 2 aromatic carbocycles. The number of carbonyl (C=O) groups excluding carboxylic acids is 2. The number of nitrogens with zero attached hydrogens (tertiary/aromatic N) is 2. The van der Waals surface area contributed by atoms with E-state index in [1.165, 1.54) is 4.90 Å². The van der Waals surface area contributed by atoms with Crippen molar-refractivity contribution in [3.05, 3.63) is 63.1 Å². The maximum atomic E-state index is 13.5. The minimum Gasteiger partial charge on any atom is -0.355 e. The van der Waals surface area contributed by atoms with Crippen molar-refractivity contribution < 1.29 is 18.0 Å². The number of nitrogens with one attached hydrogen (secondary N) is 1. The summed E-state index contributed by atoms with van der Waals surface area (Å²) >= 11 is 12.3. The Labute approximate surface area is 205 Å². The van der Waals surface area contributed by atoms with Gasteiger partial charge in [0.2, 0.25) is 21.8 Å². The van der Waals surface area contributed by atoms with E-state index in [0.717, 1.165) is 21.7 Å². The molecule has 180 valence electrons. The van der Waals surface area contributed by atoms with E-state index in [-0.39, 0.29) is 12.5 Å². The van der Waals surface area contributed by atoms with Gasteiger partial charge >= 0.3 is 0 Å². The molecule has 2 aromatic rings. The molecule has 1 unspecified atom stereocenters. The molecule has 33 heavy (non-hydrogen) atoms. The summed E-state index contributed by atoms with van der Waals surface area (Å²) in [6, 6.07) is 9.27. The maximum absolute atomic E-state index is 13.5. The van der Waals surface area contributed by atoms with Crippen molar-refractivity contribution in [1.29, 1.82) is 0 Å². The number of hydrogen-bond acceptors (Lipinski definition) is 4. The molecule has 10 heteroatoms. The van der Waals surface area contributed by atoms with Crippen LogP contribution in [0, 0.1) is 13.8 Å². The summed E-state index contributed by atoms with van der Waals surface area (Å²) in [6.45, 7) is 6.98. The van der Waals surface area contributed by atoms with Crippen LogP contribution in [0.3, 0.4) is 0 Å². The van der Waals surface area contributed by atoms with Crippen molar-refractivity contribution in [2.45, 2.75) is 40.3 Å². The molecule has 1 atom stereocenters. The van der Waals surface area contributed by atoms with Gasteiger partial charge in [-0.3, -0.25) is 13.9 Å². The van der Waals surface area contributed by atoms with Crippen LogP contribution in [0.5, 0.6) is 0 Å². The first kappa shape index (κ1) is 27.0. The number of anilines is 1. The van der Waals surface area contributed by atoms with Gasteiger partial charge < -0.3 is 10.2 Å². The Morgan fingerprint density at radius 3 is 2.36 bits per heavy atom. The maximum Gasteiger partial charge on any atom is 0.244 e. The van der Waals surface area contributed by atoms with E-state index in [9.17, 15) is 18.0 Å². The third-order valence-electron chi connectivity index (χ3n) is 5.40. The summed E-state index contributed by atoms with van der Waals surface area (Å²) in [6.07, 6.45) is 1.05.